The van der Waals surface area contributed by atoms with Crippen LogP contribution >= 0.6 is 0 Å². The molecule has 200 valence electrons. The van der Waals surface area contributed by atoms with Gasteiger partial charge in [0.05, 0.1) is 12.7 Å². The minimum atomic E-state index is -6.23. The van der Waals surface area contributed by atoms with Gasteiger partial charge in [-0.15, -0.1) is 0 Å². The predicted molar refractivity (Wildman–Crippen MR) is 101 cm³/mol. The molecule has 0 saturated carbocycles. The van der Waals surface area contributed by atoms with Gasteiger partial charge in [0, 0.05) is 11.3 Å². The summed E-state index contributed by atoms with van der Waals surface area (Å²) >= 11 is 0. The second-order valence-corrected chi connectivity index (χ2v) is 7.41. The van der Waals surface area contributed by atoms with Gasteiger partial charge < -0.3 is 19.9 Å². The van der Waals surface area contributed by atoms with Crippen molar-refractivity contribution in [1.82, 2.24) is 5.32 Å². The van der Waals surface area contributed by atoms with Crippen LogP contribution in [0.4, 0.5) is 50.0 Å². The third-order valence-corrected chi connectivity index (χ3v) is 4.43. The van der Waals surface area contributed by atoms with Crippen molar-refractivity contribution in [2.24, 2.45) is 0 Å². The van der Waals surface area contributed by atoms with Crippen molar-refractivity contribution in [3.63, 3.8) is 0 Å². The van der Waals surface area contributed by atoms with Crippen LogP contribution in [-0.2, 0) is 19.9 Å². The van der Waals surface area contributed by atoms with E-state index in [1.54, 1.807) is 0 Å². The van der Waals surface area contributed by atoms with Gasteiger partial charge in [0.1, 0.15) is 0 Å². The van der Waals surface area contributed by atoms with Crippen molar-refractivity contribution in [3.05, 3.63) is 29.3 Å². The lowest BCUT2D eigenvalue weighted by molar-refractivity contribution is -0.295. The zero-order valence-corrected chi connectivity index (χ0v) is 18.5. The molecule has 0 bridgehead atoms. The lowest BCUT2D eigenvalue weighted by atomic mass is 9.91. The van der Waals surface area contributed by atoms with E-state index in [0.29, 0.717) is 17.4 Å². The van der Waals surface area contributed by atoms with E-state index in [0.717, 1.165) is 33.0 Å². The van der Waals surface area contributed by atoms with E-state index < -0.39 is 71.4 Å². The average molecular weight is 528 g/mol. The first kappa shape index (κ1) is 30.1. The topological polar surface area (TPSA) is 96.9 Å². The Morgan fingerprint density at radius 2 is 1.49 bits per heavy atom. The highest BCUT2D eigenvalue weighted by atomic mass is 19.4. The number of alkyl carbamates (subject to hydrolysis) is 1. The molecule has 7 nitrogen and oxygen atoms in total. The molecule has 1 aromatic carbocycles. The first-order chi connectivity index (χ1) is 15.6. The Morgan fingerprint density at radius 1 is 0.971 bits per heavy atom. The number of hydrogen-bond acceptors (Lipinski definition) is 6. The maximum absolute atomic E-state index is 13.7. The molecule has 0 saturated heterocycles. The van der Waals surface area contributed by atoms with Gasteiger partial charge in [0.2, 0.25) is 0 Å². The van der Waals surface area contributed by atoms with Crippen LogP contribution < -0.4 is 10.6 Å². The van der Waals surface area contributed by atoms with Gasteiger partial charge in [0.15, 0.2) is 0 Å². The van der Waals surface area contributed by atoms with E-state index in [2.05, 4.69) is 9.47 Å². The Hall–Kier alpha value is -2.91. The molecule has 0 radical (unpaired) electrons. The van der Waals surface area contributed by atoms with Crippen molar-refractivity contribution >= 4 is 17.7 Å². The van der Waals surface area contributed by atoms with Crippen LogP contribution in [-0.4, -0.2) is 54.1 Å². The maximum Gasteiger partial charge on any atom is 0.439 e. The van der Waals surface area contributed by atoms with Crippen molar-refractivity contribution < 1.29 is 63.7 Å². The van der Waals surface area contributed by atoms with E-state index >= 15 is 0 Å². The SMILES string of the molecule is CCOC(=O)C(O)(c1ccc(NC(NC(=O)OC(C)C)(C(F)(F)F)C(F)(F)F)c(C)c1)C(F)(F)F. The highest BCUT2D eigenvalue weighted by Crippen LogP contribution is 2.45. The van der Waals surface area contributed by atoms with E-state index in [1.165, 1.54) is 0 Å². The Labute approximate surface area is 192 Å². The number of benzene rings is 1. The number of hydrogen-bond donors (Lipinski definition) is 3. The first-order valence-corrected chi connectivity index (χ1v) is 9.62. The number of carbonyl (C=O) groups is 2. The normalized spacial score (nSPS) is 14.8. The molecule has 1 rings (SSSR count). The summed E-state index contributed by atoms with van der Waals surface area (Å²) in [6, 6.07) is 0.961. The molecule has 0 aromatic heterocycles. The van der Waals surface area contributed by atoms with Gasteiger partial charge in [-0.1, -0.05) is 12.1 Å². The number of amides is 1. The third kappa shape index (κ3) is 6.02. The van der Waals surface area contributed by atoms with E-state index in [9.17, 15) is 54.2 Å². The number of halogens is 9. The van der Waals surface area contributed by atoms with Gasteiger partial charge in [0.25, 0.3) is 5.60 Å². The summed E-state index contributed by atoms with van der Waals surface area (Å²) in [7, 11) is 0. The fourth-order valence-electron chi connectivity index (χ4n) is 2.74. The Morgan fingerprint density at radius 3 is 1.86 bits per heavy atom. The highest BCUT2D eigenvalue weighted by molar-refractivity contribution is 5.82. The number of carbonyl (C=O) groups excluding carboxylic acids is 2. The smallest absolute Gasteiger partial charge is 0.439 e. The second kappa shape index (κ2) is 9.99. The number of nitrogens with one attached hydrogen (secondary N) is 2. The molecule has 1 aromatic rings. The van der Waals surface area contributed by atoms with Crippen molar-refractivity contribution in [1.29, 1.82) is 0 Å². The Kier molecular flexibility index (Phi) is 8.59. The second-order valence-electron chi connectivity index (χ2n) is 7.41. The third-order valence-electron chi connectivity index (χ3n) is 4.43. The quantitative estimate of drug-likeness (QED) is 0.270. The minimum absolute atomic E-state index is 0.281. The predicted octanol–water partition coefficient (Wildman–Crippen LogP) is 4.68. The molecule has 0 aliphatic heterocycles. The van der Waals surface area contributed by atoms with Gasteiger partial charge in [-0.05, 0) is 39.3 Å². The Bertz CT molecular complexity index is 915. The average Bonchev–Trinajstić information content (AvgIpc) is 2.64. The number of alkyl halides is 9. The fourth-order valence-corrected chi connectivity index (χ4v) is 2.74. The van der Waals surface area contributed by atoms with E-state index in [1.807, 2.05) is 0 Å². The standard InChI is InChI=1S/C19H21F9N2O5/c1-5-34-13(31)15(33,17(20,21)22)11-6-7-12(10(4)8-11)29-16(18(23,24)25,19(26,27)28)30-14(32)35-9(2)3/h6-9,29,33H,5H2,1-4H3,(H,30,32). The minimum Gasteiger partial charge on any atom is -0.463 e. The van der Waals surface area contributed by atoms with E-state index in [4.69, 9.17) is 0 Å². The first-order valence-electron chi connectivity index (χ1n) is 9.62. The molecular weight excluding hydrogens is 507 g/mol. The van der Waals surface area contributed by atoms with Gasteiger partial charge >= 0.3 is 36.3 Å². The summed E-state index contributed by atoms with van der Waals surface area (Å²) in [4.78, 5) is 23.5. The Balaban J connectivity index is 3.65. The fraction of sp³-hybridized carbons (Fsp3) is 0.579. The summed E-state index contributed by atoms with van der Waals surface area (Å²) in [5, 5.41) is 11.8. The molecule has 0 spiro atoms. The molecule has 3 N–H and O–H groups in total. The highest BCUT2D eigenvalue weighted by Gasteiger charge is 2.73. The molecule has 35 heavy (non-hydrogen) atoms. The van der Waals surface area contributed by atoms with Crippen LogP contribution in [0, 0.1) is 6.92 Å². The van der Waals surface area contributed by atoms with Crippen molar-refractivity contribution in [3.8, 4) is 0 Å². The summed E-state index contributed by atoms with van der Waals surface area (Å²) in [5.41, 5.74) is -12.4. The van der Waals surface area contributed by atoms with Crippen LogP contribution in [0.1, 0.15) is 31.9 Å². The van der Waals surface area contributed by atoms with Crippen LogP contribution in [0.5, 0.6) is 0 Å². The molecule has 0 heterocycles. The molecule has 1 amide bonds. The molecule has 1 atom stereocenters. The summed E-state index contributed by atoms with van der Waals surface area (Å²) in [5.74, 6) is -2.16. The zero-order chi connectivity index (χ0) is 27.6. The van der Waals surface area contributed by atoms with Gasteiger partial charge in [-0.25, -0.2) is 9.59 Å². The largest absolute Gasteiger partial charge is 0.463 e. The van der Waals surface area contributed by atoms with Crippen LogP contribution in [0.25, 0.3) is 0 Å². The molecule has 1 unspecified atom stereocenters. The van der Waals surface area contributed by atoms with Crippen molar-refractivity contribution in [2.45, 2.75) is 63.6 Å². The molecule has 0 fully saturated rings. The lowest BCUT2D eigenvalue weighted by Crippen LogP contribution is -2.72. The van der Waals surface area contributed by atoms with Gasteiger partial charge in [-0.3, -0.25) is 5.32 Å². The molecule has 0 aliphatic rings. The molecule has 16 heteroatoms. The maximum atomic E-state index is 13.7. The summed E-state index contributed by atoms with van der Waals surface area (Å²) in [6.07, 6.45) is -21.3. The van der Waals surface area contributed by atoms with Crippen molar-refractivity contribution in [2.75, 3.05) is 11.9 Å². The van der Waals surface area contributed by atoms with Crippen LogP contribution in [0.2, 0.25) is 0 Å². The monoisotopic (exact) mass is 528 g/mol. The zero-order valence-electron chi connectivity index (χ0n) is 18.5. The number of esters is 1. The molecule has 0 aliphatic carbocycles. The van der Waals surface area contributed by atoms with Gasteiger partial charge in [-0.2, -0.15) is 39.5 Å². The lowest BCUT2D eigenvalue weighted by Gasteiger charge is -2.39. The number of ether oxygens (including phenoxy) is 2. The number of aryl methyl sites for hydroxylation is 1. The summed E-state index contributed by atoms with van der Waals surface area (Å²) in [6.45, 7) is 3.68. The molecular formula is C19H21F9N2O5. The van der Waals surface area contributed by atoms with Crippen LogP contribution in [0.3, 0.4) is 0 Å². The number of rotatable bonds is 7. The van der Waals surface area contributed by atoms with Crippen LogP contribution in [0.15, 0.2) is 18.2 Å². The number of anilines is 1. The van der Waals surface area contributed by atoms with E-state index in [-0.39, 0.29) is 6.07 Å². The number of aliphatic hydroxyl groups is 1. The summed E-state index contributed by atoms with van der Waals surface area (Å²) < 4.78 is 131.